The number of hydrogen-bond acceptors (Lipinski definition) is 6. The Morgan fingerprint density at radius 3 is 2.73 bits per heavy atom. The van der Waals surface area contributed by atoms with Crippen molar-refractivity contribution >= 4 is 11.4 Å². The fourth-order valence-corrected chi connectivity index (χ4v) is 5.80. The minimum absolute atomic E-state index is 0.00250. The zero-order chi connectivity index (χ0) is 29.1. The lowest BCUT2D eigenvalue weighted by Crippen LogP contribution is -2.58. The van der Waals surface area contributed by atoms with Crippen molar-refractivity contribution in [2.24, 2.45) is 11.3 Å². The van der Waals surface area contributed by atoms with Gasteiger partial charge < -0.3 is 14.6 Å². The van der Waals surface area contributed by atoms with Gasteiger partial charge in [-0.2, -0.15) is 4.39 Å². The number of carbonyl (C=O) groups is 1. The first-order chi connectivity index (χ1) is 19.8. The SMILES string of the molecule is C=C=CC(F)Oc1cc(-c2cnc3cc(C(C)N4CC(CC)(CO)C4)ccn23)cc(OC)c1C(=O)CCCC1CC1. The minimum Gasteiger partial charge on any atom is -0.496 e. The molecule has 2 unspecified atom stereocenters. The highest BCUT2D eigenvalue weighted by Gasteiger charge is 2.43. The third-order valence-corrected chi connectivity index (χ3v) is 8.79. The second-order valence-electron chi connectivity index (χ2n) is 11.6. The van der Waals surface area contributed by atoms with Crippen LogP contribution in [0.2, 0.25) is 0 Å². The van der Waals surface area contributed by atoms with Gasteiger partial charge in [-0.1, -0.05) is 32.8 Å². The number of ketones is 1. The molecule has 3 heterocycles. The van der Waals surface area contributed by atoms with Gasteiger partial charge in [-0.15, -0.1) is 5.73 Å². The summed E-state index contributed by atoms with van der Waals surface area (Å²) >= 11 is 0. The van der Waals surface area contributed by atoms with Crippen molar-refractivity contribution < 1.29 is 23.8 Å². The number of halogens is 1. The molecule has 2 atom stereocenters. The Labute approximate surface area is 241 Å². The molecular weight excluding hydrogens is 521 g/mol. The third kappa shape index (κ3) is 6.10. The number of carbonyl (C=O) groups excluding carboxylic acids is 1. The zero-order valence-corrected chi connectivity index (χ0v) is 24.2. The van der Waals surface area contributed by atoms with Crippen molar-refractivity contribution in [3.63, 3.8) is 0 Å². The maximum Gasteiger partial charge on any atom is 0.264 e. The monoisotopic (exact) mass is 561 g/mol. The van der Waals surface area contributed by atoms with E-state index in [1.165, 1.54) is 20.0 Å². The summed E-state index contributed by atoms with van der Waals surface area (Å²) in [6.07, 6.45) is 8.58. The van der Waals surface area contributed by atoms with Gasteiger partial charge in [-0.05, 0) is 55.5 Å². The molecule has 41 heavy (non-hydrogen) atoms. The van der Waals surface area contributed by atoms with Crippen LogP contribution in [0.1, 0.15) is 74.3 Å². The van der Waals surface area contributed by atoms with E-state index in [-0.39, 0.29) is 35.2 Å². The number of alkyl halides is 1. The smallest absolute Gasteiger partial charge is 0.264 e. The maximum atomic E-state index is 14.6. The second-order valence-corrected chi connectivity index (χ2v) is 11.6. The van der Waals surface area contributed by atoms with Gasteiger partial charge in [0.1, 0.15) is 22.7 Å². The number of imidazole rings is 1. The summed E-state index contributed by atoms with van der Waals surface area (Å²) in [7, 11) is 1.50. The van der Waals surface area contributed by atoms with Crippen LogP contribution < -0.4 is 9.47 Å². The van der Waals surface area contributed by atoms with Crippen LogP contribution in [0.5, 0.6) is 11.5 Å². The summed E-state index contributed by atoms with van der Waals surface area (Å²) in [4.78, 5) is 20.3. The van der Waals surface area contributed by atoms with Gasteiger partial charge in [0, 0.05) is 48.8 Å². The van der Waals surface area contributed by atoms with Gasteiger partial charge in [-0.25, -0.2) is 4.98 Å². The summed E-state index contributed by atoms with van der Waals surface area (Å²) in [5.41, 5.74) is 6.02. The lowest BCUT2D eigenvalue weighted by atomic mass is 9.77. The largest absolute Gasteiger partial charge is 0.496 e. The van der Waals surface area contributed by atoms with E-state index in [1.807, 2.05) is 10.6 Å². The fraction of sp³-hybridized carbons (Fsp3) is 0.485. The Kier molecular flexibility index (Phi) is 8.64. The molecular formula is C33H40FN3O4. The Hall–Kier alpha value is -3.45. The Bertz CT molecular complexity index is 1440. The molecule has 0 bridgehead atoms. The molecule has 8 heteroatoms. The molecule has 1 saturated carbocycles. The number of likely N-dealkylation sites (tertiary alicyclic amines) is 1. The highest BCUT2D eigenvalue weighted by Crippen LogP contribution is 2.41. The summed E-state index contributed by atoms with van der Waals surface area (Å²) in [6.45, 7) is 9.68. The lowest BCUT2D eigenvalue weighted by Gasteiger charge is -2.51. The molecule has 0 spiro atoms. The molecule has 5 rings (SSSR count). The number of aliphatic hydroxyl groups excluding tert-OH is 1. The zero-order valence-electron chi connectivity index (χ0n) is 24.2. The van der Waals surface area contributed by atoms with Gasteiger partial charge in [-0.3, -0.25) is 14.1 Å². The number of pyridine rings is 1. The van der Waals surface area contributed by atoms with Crippen molar-refractivity contribution in [3.8, 4) is 22.8 Å². The average Bonchev–Trinajstić information content (AvgIpc) is 3.68. The van der Waals surface area contributed by atoms with Crippen LogP contribution in [0.4, 0.5) is 4.39 Å². The molecule has 2 fully saturated rings. The van der Waals surface area contributed by atoms with Crippen LogP contribution in [-0.4, -0.2) is 58.3 Å². The number of methoxy groups -OCH3 is 1. The molecule has 0 amide bonds. The van der Waals surface area contributed by atoms with E-state index in [0.29, 0.717) is 17.7 Å². The molecule has 218 valence electrons. The minimum atomic E-state index is -1.81. The topological polar surface area (TPSA) is 76.3 Å². The number of aromatic nitrogens is 2. The van der Waals surface area contributed by atoms with Crippen LogP contribution in [0.3, 0.4) is 0 Å². The summed E-state index contributed by atoms with van der Waals surface area (Å²) in [6, 6.07) is 7.80. The van der Waals surface area contributed by atoms with Gasteiger partial charge in [0.05, 0.1) is 25.6 Å². The molecule has 7 nitrogen and oxygen atoms in total. The Balaban J connectivity index is 1.45. The van der Waals surface area contributed by atoms with Crippen molar-refractivity contribution in [2.45, 2.75) is 64.8 Å². The lowest BCUT2D eigenvalue weighted by molar-refractivity contribution is -0.0644. The molecule has 1 aromatic carbocycles. The Morgan fingerprint density at radius 1 is 1.32 bits per heavy atom. The van der Waals surface area contributed by atoms with Crippen molar-refractivity contribution in [1.82, 2.24) is 14.3 Å². The predicted octanol–water partition coefficient (Wildman–Crippen LogP) is 6.55. The van der Waals surface area contributed by atoms with Crippen LogP contribution >= 0.6 is 0 Å². The second kappa shape index (κ2) is 12.2. The number of hydrogen-bond donors (Lipinski definition) is 1. The summed E-state index contributed by atoms with van der Waals surface area (Å²) < 4.78 is 27.8. The number of aliphatic hydroxyl groups is 1. The number of Topliss-reactive ketones (excluding diaryl/α,β-unsaturated/α-hetero) is 1. The quantitative estimate of drug-likeness (QED) is 0.178. The third-order valence-electron chi connectivity index (χ3n) is 8.79. The number of fused-ring (bicyclic) bond motifs is 1. The van der Waals surface area contributed by atoms with Crippen molar-refractivity contribution in [2.75, 3.05) is 26.8 Å². The van der Waals surface area contributed by atoms with Crippen LogP contribution in [0.15, 0.2) is 55.0 Å². The molecule has 2 aromatic heterocycles. The van der Waals surface area contributed by atoms with Gasteiger partial charge >= 0.3 is 0 Å². The number of ether oxygens (including phenoxy) is 2. The van der Waals surface area contributed by atoms with E-state index in [1.54, 1.807) is 18.3 Å². The molecule has 1 N–H and O–H groups in total. The van der Waals surface area contributed by atoms with Gasteiger partial charge in [0.25, 0.3) is 6.36 Å². The average molecular weight is 562 g/mol. The molecule has 3 aromatic rings. The fourth-order valence-electron chi connectivity index (χ4n) is 5.80. The highest BCUT2D eigenvalue weighted by atomic mass is 19.1. The van der Waals surface area contributed by atoms with E-state index >= 15 is 0 Å². The maximum absolute atomic E-state index is 14.6. The number of benzene rings is 1. The highest BCUT2D eigenvalue weighted by molar-refractivity contribution is 6.02. The van der Waals surface area contributed by atoms with E-state index in [2.05, 4.69) is 48.2 Å². The van der Waals surface area contributed by atoms with Crippen LogP contribution in [0.25, 0.3) is 16.9 Å². The molecule has 0 radical (unpaired) electrons. The molecule has 1 aliphatic heterocycles. The van der Waals surface area contributed by atoms with E-state index in [9.17, 15) is 14.3 Å². The van der Waals surface area contributed by atoms with Crippen molar-refractivity contribution in [1.29, 1.82) is 0 Å². The first-order valence-electron chi connectivity index (χ1n) is 14.6. The van der Waals surface area contributed by atoms with Crippen LogP contribution in [-0.2, 0) is 0 Å². The van der Waals surface area contributed by atoms with Crippen LogP contribution in [0, 0.1) is 11.3 Å². The summed E-state index contributed by atoms with van der Waals surface area (Å²) in [5.74, 6) is 1.06. The van der Waals surface area contributed by atoms with Gasteiger partial charge in [0.15, 0.2) is 5.78 Å². The van der Waals surface area contributed by atoms with E-state index < -0.39 is 6.36 Å². The number of rotatable bonds is 14. The molecule has 2 aliphatic rings. The first-order valence-corrected chi connectivity index (χ1v) is 14.6. The Morgan fingerprint density at radius 2 is 2.07 bits per heavy atom. The van der Waals surface area contributed by atoms with E-state index in [0.717, 1.165) is 61.3 Å². The number of nitrogens with zero attached hydrogens (tertiary/aromatic N) is 3. The summed E-state index contributed by atoms with van der Waals surface area (Å²) in [5, 5.41) is 9.79. The first kappa shape index (κ1) is 29.1. The normalized spacial score (nSPS) is 17.9. The standard InChI is InChI=1S/C33H40FN3O4/c1-5-8-30(34)41-29-16-25(15-28(40-4)32(29)27(39)10-7-9-23-11-12-23)26-18-35-31-17-24(13-14-37(26)31)22(3)36-19-33(6-2,20-36)21-38/h8,13-18,22-23,30,38H,1,6-7,9-12,19-21H2,2-4H3. The van der Waals surface area contributed by atoms with Crippen molar-refractivity contribution in [3.05, 3.63) is 66.2 Å². The molecule has 1 saturated heterocycles. The van der Waals surface area contributed by atoms with Gasteiger partial charge in [0.2, 0.25) is 0 Å². The molecule has 1 aliphatic carbocycles. The predicted molar refractivity (Wildman–Crippen MR) is 157 cm³/mol. The van der Waals surface area contributed by atoms with E-state index in [4.69, 9.17) is 9.47 Å².